The number of benzene rings is 1. The van der Waals surface area contributed by atoms with Crippen molar-refractivity contribution in [2.45, 2.75) is 19.3 Å². The van der Waals surface area contributed by atoms with Gasteiger partial charge >= 0.3 is 0 Å². The maximum absolute atomic E-state index is 8.57. The van der Waals surface area contributed by atoms with E-state index in [4.69, 9.17) is 14.7 Å². The predicted molar refractivity (Wildman–Crippen MR) is 86.1 cm³/mol. The van der Waals surface area contributed by atoms with Gasteiger partial charge in [0.1, 0.15) is 0 Å². The minimum Gasteiger partial charge on any atom is -0.493 e. The highest BCUT2D eigenvalue weighted by atomic mass is 16.5. The van der Waals surface area contributed by atoms with Gasteiger partial charge in [-0.1, -0.05) is 6.42 Å². The van der Waals surface area contributed by atoms with E-state index in [9.17, 15) is 0 Å². The van der Waals surface area contributed by atoms with Gasteiger partial charge in [0.2, 0.25) is 0 Å². The lowest BCUT2D eigenvalue weighted by atomic mass is 9.86. The number of rotatable bonds is 6. The van der Waals surface area contributed by atoms with Gasteiger partial charge in [0.25, 0.3) is 0 Å². The lowest BCUT2D eigenvalue weighted by Crippen LogP contribution is -2.19. The second kappa shape index (κ2) is 6.97. The quantitative estimate of drug-likeness (QED) is 0.652. The van der Waals surface area contributed by atoms with Crippen LogP contribution in [-0.4, -0.2) is 23.9 Å². The molecule has 1 saturated carbocycles. The SMILES string of the molecule is COc1ccc(-c2ccc(NC#N)nn2)cc1OCC1CCC1. The predicted octanol–water partition coefficient (Wildman–Crippen LogP) is 3.22. The van der Waals surface area contributed by atoms with Gasteiger partial charge in [-0.25, -0.2) is 0 Å². The zero-order chi connectivity index (χ0) is 16.1. The van der Waals surface area contributed by atoms with Gasteiger partial charge in [0, 0.05) is 5.56 Å². The third kappa shape index (κ3) is 3.51. The minimum atomic E-state index is 0.422. The molecule has 0 unspecified atom stereocenters. The Morgan fingerprint density at radius 2 is 2.09 bits per heavy atom. The molecule has 2 aromatic rings. The van der Waals surface area contributed by atoms with Crippen molar-refractivity contribution in [3.8, 4) is 28.9 Å². The Labute approximate surface area is 135 Å². The first-order valence-corrected chi connectivity index (χ1v) is 7.60. The molecule has 1 aliphatic rings. The molecule has 1 heterocycles. The first-order valence-electron chi connectivity index (χ1n) is 7.60. The second-order valence-electron chi connectivity index (χ2n) is 5.51. The zero-order valence-electron chi connectivity index (χ0n) is 13.0. The molecule has 6 heteroatoms. The molecule has 23 heavy (non-hydrogen) atoms. The molecule has 1 aromatic heterocycles. The molecule has 0 atom stereocenters. The minimum absolute atomic E-state index is 0.422. The Balaban J connectivity index is 1.79. The molecule has 118 valence electrons. The van der Waals surface area contributed by atoms with Crippen LogP contribution >= 0.6 is 0 Å². The number of methoxy groups -OCH3 is 1. The van der Waals surface area contributed by atoms with E-state index in [1.54, 1.807) is 13.2 Å². The standard InChI is InChI=1S/C17H18N4O2/c1-22-15-7-5-13(9-16(15)23-10-12-3-2-4-12)14-6-8-17(19-11-18)21-20-14/h5-9,12H,2-4,10H2,1H3,(H,19,21). The van der Waals surface area contributed by atoms with Crippen molar-refractivity contribution in [1.82, 2.24) is 10.2 Å². The van der Waals surface area contributed by atoms with Crippen LogP contribution < -0.4 is 14.8 Å². The average molecular weight is 310 g/mol. The molecule has 0 bridgehead atoms. The van der Waals surface area contributed by atoms with E-state index in [2.05, 4.69) is 15.5 Å². The monoisotopic (exact) mass is 310 g/mol. The highest BCUT2D eigenvalue weighted by molar-refractivity contribution is 5.64. The molecule has 0 radical (unpaired) electrons. The summed E-state index contributed by atoms with van der Waals surface area (Å²) >= 11 is 0. The van der Waals surface area contributed by atoms with E-state index in [-0.39, 0.29) is 0 Å². The highest BCUT2D eigenvalue weighted by Crippen LogP contribution is 2.34. The summed E-state index contributed by atoms with van der Waals surface area (Å²) in [6, 6.07) is 9.22. The van der Waals surface area contributed by atoms with Crippen LogP contribution in [0.4, 0.5) is 5.82 Å². The zero-order valence-corrected chi connectivity index (χ0v) is 13.0. The Morgan fingerprint density at radius 3 is 2.70 bits per heavy atom. The topological polar surface area (TPSA) is 80.1 Å². The third-order valence-corrected chi connectivity index (χ3v) is 4.01. The fraction of sp³-hybridized carbons (Fsp3) is 0.353. The number of nitrogens with one attached hydrogen (secondary N) is 1. The Kier molecular flexibility index (Phi) is 4.57. The molecule has 0 saturated heterocycles. The van der Waals surface area contributed by atoms with E-state index in [1.165, 1.54) is 19.3 Å². The molecule has 0 aliphatic heterocycles. The lowest BCUT2D eigenvalue weighted by Gasteiger charge is -2.25. The van der Waals surface area contributed by atoms with Crippen LogP contribution in [0, 0.1) is 17.4 Å². The van der Waals surface area contributed by atoms with E-state index in [0.717, 1.165) is 17.9 Å². The average Bonchev–Trinajstić information content (AvgIpc) is 2.54. The van der Waals surface area contributed by atoms with Crippen LogP contribution in [0.15, 0.2) is 30.3 Å². The van der Waals surface area contributed by atoms with Crippen molar-refractivity contribution in [3.63, 3.8) is 0 Å². The summed E-state index contributed by atoms with van der Waals surface area (Å²) in [5.41, 5.74) is 1.61. The van der Waals surface area contributed by atoms with E-state index < -0.39 is 0 Å². The molecule has 3 rings (SSSR count). The fourth-order valence-corrected chi connectivity index (χ4v) is 2.43. The van der Waals surface area contributed by atoms with Crippen LogP contribution in [0.25, 0.3) is 11.3 Å². The van der Waals surface area contributed by atoms with Crippen LogP contribution in [-0.2, 0) is 0 Å². The van der Waals surface area contributed by atoms with Crippen LogP contribution in [0.2, 0.25) is 0 Å². The van der Waals surface area contributed by atoms with Gasteiger partial charge in [-0.15, -0.1) is 10.2 Å². The van der Waals surface area contributed by atoms with Gasteiger partial charge in [-0.3, -0.25) is 5.32 Å². The molecule has 6 nitrogen and oxygen atoms in total. The maximum atomic E-state index is 8.57. The van der Waals surface area contributed by atoms with E-state index >= 15 is 0 Å². The van der Waals surface area contributed by atoms with Gasteiger partial charge in [0.15, 0.2) is 23.5 Å². The molecule has 0 amide bonds. The fourth-order valence-electron chi connectivity index (χ4n) is 2.43. The van der Waals surface area contributed by atoms with Crippen molar-refractivity contribution in [2.75, 3.05) is 19.0 Å². The van der Waals surface area contributed by atoms with Gasteiger partial charge < -0.3 is 9.47 Å². The molecule has 1 N–H and O–H groups in total. The number of hydrogen-bond acceptors (Lipinski definition) is 6. The first kappa shape index (κ1) is 15.1. The van der Waals surface area contributed by atoms with Crippen molar-refractivity contribution < 1.29 is 9.47 Å². The Hall–Kier alpha value is -2.81. The van der Waals surface area contributed by atoms with E-state index in [1.807, 2.05) is 30.5 Å². The second-order valence-corrected chi connectivity index (χ2v) is 5.51. The number of anilines is 1. The van der Waals surface area contributed by atoms with Gasteiger partial charge in [0.05, 0.1) is 19.4 Å². The molecule has 1 aromatic carbocycles. The lowest BCUT2D eigenvalue weighted by molar-refractivity contribution is 0.176. The van der Waals surface area contributed by atoms with E-state index in [0.29, 0.717) is 23.2 Å². The summed E-state index contributed by atoms with van der Waals surface area (Å²) in [5, 5.41) is 19.1. The number of nitriles is 1. The van der Waals surface area contributed by atoms with Crippen molar-refractivity contribution in [1.29, 1.82) is 5.26 Å². The molecule has 1 aliphatic carbocycles. The van der Waals surface area contributed by atoms with Crippen molar-refractivity contribution in [3.05, 3.63) is 30.3 Å². The van der Waals surface area contributed by atoms with Gasteiger partial charge in [-0.05, 0) is 49.1 Å². The summed E-state index contributed by atoms with van der Waals surface area (Å²) in [4.78, 5) is 0. The summed E-state index contributed by atoms with van der Waals surface area (Å²) in [5.74, 6) is 2.51. The van der Waals surface area contributed by atoms with Crippen molar-refractivity contribution >= 4 is 5.82 Å². The molecular formula is C17H18N4O2. The maximum Gasteiger partial charge on any atom is 0.182 e. The van der Waals surface area contributed by atoms with Gasteiger partial charge in [-0.2, -0.15) is 5.26 Å². The number of nitrogens with zero attached hydrogens (tertiary/aromatic N) is 3. The van der Waals surface area contributed by atoms with Crippen LogP contribution in [0.3, 0.4) is 0 Å². The Morgan fingerprint density at radius 1 is 1.22 bits per heavy atom. The Bertz CT molecular complexity index is 706. The van der Waals surface area contributed by atoms with Crippen LogP contribution in [0.1, 0.15) is 19.3 Å². The summed E-state index contributed by atoms with van der Waals surface area (Å²) in [6.45, 7) is 0.719. The largest absolute Gasteiger partial charge is 0.493 e. The molecule has 0 spiro atoms. The molecular weight excluding hydrogens is 292 g/mol. The summed E-state index contributed by atoms with van der Waals surface area (Å²) in [6.07, 6.45) is 5.59. The number of ether oxygens (including phenoxy) is 2. The summed E-state index contributed by atoms with van der Waals surface area (Å²) < 4.78 is 11.3. The number of hydrogen-bond donors (Lipinski definition) is 1. The highest BCUT2D eigenvalue weighted by Gasteiger charge is 2.19. The smallest absolute Gasteiger partial charge is 0.182 e. The third-order valence-electron chi connectivity index (χ3n) is 4.01. The molecule has 1 fully saturated rings. The van der Waals surface area contributed by atoms with Crippen LogP contribution in [0.5, 0.6) is 11.5 Å². The first-order chi connectivity index (χ1) is 11.3. The van der Waals surface area contributed by atoms with Crippen molar-refractivity contribution in [2.24, 2.45) is 5.92 Å². The summed E-state index contributed by atoms with van der Waals surface area (Å²) in [7, 11) is 1.63. The number of aromatic nitrogens is 2. The normalized spacial score (nSPS) is 13.7.